The Morgan fingerprint density at radius 1 is 1.00 bits per heavy atom. The summed E-state index contributed by atoms with van der Waals surface area (Å²) in [6.07, 6.45) is 0. The molecule has 2 rings (SSSR count). The lowest BCUT2D eigenvalue weighted by Gasteiger charge is -1.85. The minimum Gasteiger partial charge on any atom is -0.461 e. The van der Waals surface area contributed by atoms with Gasteiger partial charge in [0, 0.05) is 5.39 Å². The monoisotopic (exact) mass is 176 g/mol. The maximum absolute atomic E-state index is 5.50. The lowest BCUT2D eigenvalue weighted by Crippen LogP contribution is -1.68. The standard InChI is InChI=1S/C10H10O.C2H6/c1-7-8(2)11-10-6-4-3-5-9(7)10;1-2/h3-6H,1-2H3;1-2H3. The van der Waals surface area contributed by atoms with E-state index < -0.39 is 0 Å². The molecule has 13 heavy (non-hydrogen) atoms. The van der Waals surface area contributed by atoms with E-state index in [1.807, 2.05) is 39.0 Å². The second-order valence-electron chi connectivity index (χ2n) is 2.78. The molecule has 0 N–H and O–H groups in total. The average Bonchev–Trinajstić information content (AvgIpc) is 2.47. The highest BCUT2D eigenvalue weighted by atomic mass is 16.3. The van der Waals surface area contributed by atoms with Gasteiger partial charge in [-0.25, -0.2) is 0 Å². The van der Waals surface area contributed by atoms with Crippen LogP contribution in [0.15, 0.2) is 28.7 Å². The van der Waals surface area contributed by atoms with Crippen LogP contribution < -0.4 is 0 Å². The van der Waals surface area contributed by atoms with E-state index in [-0.39, 0.29) is 0 Å². The van der Waals surface area contributed by atoms with Gasteiger partial charge < -0.3 is 4.42 Å². The van der Waals surface area contributed by atoms with Crippen LogP contribution in [0, 0.1) is 13.8 Å². The van der Waals surface area contributed by atoms with Crippen molar-refractivity contribution in [2.75, 3.05) is 0 Å². The molecule has 2 aromatic rings. The number of rotatable bonds is 0. The molecule has 0 saturated carbocycles. The van der Waals surface area contributed by atoms with E-state index in [4.69, 9.17) is 4.42 Å². The van der Waals surface area contributed by atoms with Crippen LogP contribution in [-0.4, -0.2) is 0 Å². The molecule has 0 aliphatic heterocycles. The zero-order valence-corrected chi connectivity index (χ0v) is 8.72. The molecule has 0 unspecified atom stereocenters. The molecule has 1 heterocycles. The van der Waals surface area contributed by atoms with Crippen LogP contribution >= 0.6 is 0 Å². The molecular formula is C12H16O. The van der Waals surface area contributed by atoms with Crippen molar-refractivity contribution in [3.8, 4) is 0 Å². The van der Waals surface area contributed by atoms with Crippen LogP contribution in [0.1, 0.15) is 25.2 Å². The van der Waals surface area contributed by atoms with Crippen LogP contribution in [0.4, 0.5) is 0 Å². The molecule has 0 fully saturated rings. The largest absolute Gasteiger partial charge is 0.461 e. The first-order chi connectivity index (χ1) is 6.29. The second-order valence-corrected chi connectivity index (χ2v) is 2.78. The van der Waals surface area contributed by atoms with Gasteiger partial charge in [-0.05, 0) is 25.5 Å². The van der Waals surface area contributed by atoms with Gasteiger partial charge in [-0.2, -0.15) is 0 Å². The van der Waals surface area contributed by atoms with Crippen LogP contribution in [-0.2, 0) is 0 Å². The quantitative estimate of drug-likeness (QED) is 0.589. The summed E-state index contributed by atoms with van der Waals surface area (Å²) in [6.45, 7) is 8.08. The molecule has 1 heteroatoms. The Kier molecular flexibility index (Phi) is 3.13. The first kappa shape index (κ1) is 9.85. The van der Waals surface area contributed by atoms with Gasteiger partial charge in [0.05, 0.1) is 0 Å². The fourth-order valence-electron chi connectivity index (χ4n) is 1.30. The molecule has 0 aliphatic carbocycles. The SMILES string of the molecule is CC.Cc1oc2ccccc2c1C. The van der Waals surface area contributed by atoms with Crippen molar-refractivity contribution < 1.29 is 4.42 Å². The molecule has 1 aromatic heterocycles. The van der Waals surface area contributed by atoms with E-state index >= 15 is 0 Å². The molecule has 0 saturated heterocycles. The van der Waals surface area contributed by atoms with Crippen molar-refractivity contribution in [2.45, 2.75) is 27.7 Å². The van der Waals surface area contributed by atoms with E-state index in [0.717, 1.165) is 11.3 Å². The summed E-state index contributed by atoms with van der Waals surface area (Å²) in [4.78, 5) is 0. The average molecular weight is 176 g/mol. The molecule has 1 aromatic carbocycles. The van der Waals surface area contributed by atoms with Crippen molar-refractivity contribution in [2.24, 2.45) is 0 Å². The van der Waals surface area contributed by atoms with Crippen LogP contribution in [0.25, 0.3) is 11.0 Å². The maximum atomic E-state index is 5.50. The number of benzene rings is 1. The highest BCUT2D eigenvalue weighted by Gasteiger charge is 2.03. The normalized spacial score (nSPS) is 9.54. The summed E-state index contributed by atoms with van der Waals surface area (Å²) in [7, 11) is 0. The van der Waals surface area contributed by atoms with Crippen molar-refractivity contribution in [3.63, 3.8) is 0 Å². The van der Waals surface area contributed by atoms with Gasteiger partial charge >= 0.3 is 0 Å². The van der Waals surface area contributed by atoms with Gasteiger partial charge in [0.2, 0.25) is 0 Å². The fourth-order valence-corrected chi connectivity index (χ4v) is 1.30. The molecular weight excluding hydrogens is 160 g/mol. The lowest BCUT2D eigenvalue weighted by molar-refractivity contribution is 0.575. The predicted molar refractivity (Wildman–Crippen MR) is 57.0 cm³/mol. The molecule has 0 spiro atoms. The minimum atomic E-state index is 0.988. The van der Waals surface area contributed by atoms with Gasteiger partial charge in [0.25, 0.3) is 0 Å². The van der Waals surface area contributed by atoms with Gasteiger partial charge in [0.1, 0.15) is 11.3 Å². The molecule has 0 amide bonds. The highest BCUT2D eigenvalue weighted by Crippen LogP contribution is 2.23. The van der Waals surface area contributed by atoms with Gasteiger partial charge in [-0.15, -0.1) is 0 Å². The second kappa shape index (κ2) is 4.13. The molecule has 1 nitrogen and oxygen atoms in total. The van der Waals surface area contributed by atoms with E-state index in [9.17, 15) is 0 Å². The zero-order valence-electron chi connectivity index (χ0n) is 8.72. The predicted octanol–water partition coefficient (Wildman–Crippen LogP) is 4.08. The first-order valence-corrected chi connectivity index (χ1v) is 4.74. The topological polar surface area (TPSA) is 13.1 Å². The number of aryl methyl sites for hydroxylation is 2. The summed E-state index contributed by atoms with van der Waals surface area (Å²) in [5, 5.41) is 1.23. The number of furan rings is 1. The van der Waals surface area contributed by atoms with Crippen molar-refractivity contribution in [1.29, 1.82) is 0 Å². The summed E-state index contributed by atoms with van der Waals surface area (Å²) in [5.41, 5.74) is 2.24. The zero-order chi connectivity index (χ0) is 9.84. The number of fused-ring (bicyclic) bond motifs is 1. The lowest BCUT2D eigenvalue weighted by atomic mass is 10.2. The summed E-state index contributed by atoms with van der Waals surface area (Å²) >= 11 is 0. The van der Waals surface area contributed by atoms with Crippen molar-refractivity contribution >= 4 is 11.0 Å². The number of hydrogen-bond acceptors (Lipinski definition) is 1. The molecule has 70 valence electrons. The van der Waals surface area contributed by atoms with Crippen molar-refractivity contribution in [1.82, 2.24) is 0 Å². The molecule has 0 aliphatic rings. The van der Waals surface area contributed by atoms with E-state index in [0.29, 0.717) is 0 Å². The third-order valence-corrected chi connectivity index (χ3v) is 2.08. The first-order valence-electron chi connectivity index (χ1n) is 4.74. The Hall–Kier alpha value is -1.24. The van der Waals surface area contributed by atoms with Crippen LogP contribution in [0.3, 0.4) is 0 Å². The molecule has 0 bridgehead atoms. The van der Waals surface area contributed by atoms with E-state index in [1.54, 1.807) is 0 Å². The third kappa shape index (κ3) is 1.74. The Morgan fingerprint density at radius 3 is 2.23 bits per heavy atom. The summed E-state index contributed by atoms with van der Waals surface area (Å²) in [6, 6.07) is 8.10. The summed E-state index contributed by atoms with van der Waals surface area (Å²) in [5.74, 6) is 1.02. The maximum Gasteiger partial charge on any atom is 0.134 e. The summed E-state index contributed by atoms with van der Waals surface area (Å²) < 4.78 is 5.50. The van der Waals surface area contributed by atoms with E-state index in [2.05, 4.69) is 13.0 Å². The van der Waals surface area contributed by atoms with Gasteiger partial charge in [0.15, 0.2) is 0 Å². The Bertz CT molecular complexity index is 385. The minimum absolute atomic E-state index is 0.988. The number of hydrogen-bond donors (Lipinski definition) is 0. The van der Waals surface area contributed by atoms with Gasteiger partial charge in [-0.1, -0.05) is 32.0 Å². The molecule has 0 radical (unpaired) electrons. The van der Waals surface area contributed by atoms with Gasteiger partial charge in [-0.3, -0.25) is 0 Å². The van der Waals surface area contributed by atoms with Crippen molar-refractivity contribution in [3.05, 3.63) is 35.6 Å². The van der Waals surface area contributed by atoms with Crippen LogP contribution in [0.5, 0.6) is 0 Å². The number of para-hydroxylation sites is 1. The Balaban J connectivity index is 0.000000396. The highest BCUT2D eigenvalue weighted by molar-refractivity contribution is 5.81. The Labute approximate surface area is 79.4 Å². The molecule has 0 atom stereocenters. The van der Waals surface area contributed by atoms with E-state index in [1.165, 1.54) is 10.9 Å². The fraction of sp³-hybridized carbons (Fsp3) is 0.333. The smallest absolute Gasteiger partial charge is 0.134 e. The van der Waals surface area contributed by atoms with Crippen LogP contribution in [0.2, 0.25) is 0 Å². The third-order valence-electron chi connectivity index (χ3n) is 2.08. The Morgan fingerprint density at radius 2 is 1.62 bits per heavy atom.